The van der Waals surface area contributed by atoms with Crippen LogP contribution >= 0.6 is 0 Å². The van der Waals surface area contributed by atoms with E-state index >= 15 is 0 Å². The van der Waals surface area contributed by atoms with Crippen molar-refractivity contribution in [1.82, 2.24) is 0 Å². The number of carbonyl (C=O) groups is 4. The maximum absolute atomic E-state index is 12.4. The summed E-state index contributed by atoms with van der Waals surface area (Å²) in [5, 5.41) is 13.2. The van der Waals surface area contributed by atoms with Crippen LogP contribution in [0.25, 0.3) is 0 Å². The highest BCUT2D eigenvalue weighted by Gasteiger charge is 2.36. The Morgan fingerprint density at radius 1 is 1.18 bits per heavy atom. The van der Waals surface area contributed by atoms with Gasteiger partial charge < -0.3 is 19.7 Å². The second kappa shape index (κ2) is 10.6. The molecule has 2 aromatic carbocycles. The van der Waals surface area contributed by atoms with Crippen molar-refractivity contribution in [3.63, 3.8) is 0 Å². The van der Waals surface area contributed by atoms with Crippen molar-refractivity contribution in [2.24, 2.45) is 5.92 Å². The van der Waals surface area contributed by atoms with E-state index in [1.807, 2.05) is 0 Å². The molecule has 1 N–H and O–H groups in total. The van der Waals surface area contributed by atoms with Crippen LogP contribution < -0.4 is 10.2 Å². The van der Waals surface area contributed by atoms with Crippen LogP contribution in [0.5, 0.6) is 0 Å². The molecule has 1 aliphatic heterocycles. The number of nitrogens with zero attached hydrogens (tertiary/aromatic N) is 2. The summed E-state index contributed by atoms with van der Waals surface area (Å²) in [6, 6.07) is 11.6. The van der Waals surface area contributed by atoms with Crippen molar-refractivity contribution in [2.45, 2.75) is 26.4 Å². The van der Waals surface area contributed by atoms with Crippen molar-refractivity contribution in [2.75, 3.05) is 23.4 Å². The smallest absolute Gasteiger partial charge is 0.338 e. The minimum Gasteiger partial charge on any atom is -0.459 e. The molecule has 0 bridgehead atoms. The lowest BCUT2D eigenvalue weighted by molar-refractivity contribution is -0.384. The molecule has 178 valence electrons. The van der Waals surface area contributed by atoms with Gasteiger partial charge in [-0.3, -0.25) is 24.5 Å². The second-order valence-corrected chi connectivity index (χ2v) is 7.87. The van der Waals surface area contributed by atoms with E-state index < -0.39 is 35.3 Å². The first-order valence-electron chi connectivity index (χ1n) is 10.5. The third-order valence-corrected chi connectivity index (χ3v) is 4.90. The van der Waals surface area contributed by atoms with E-state index in [2.05, 4.69) is 5.32 Å². The summed E-state index contributed by atoms with van der Waals surface area (Å²) in [5.41, 5.74) is 0.863. The summed E-state index contributed by atoms with van der Waals surface area (Å²) in [7, 11) is 0. The highest BCUT2D eigenvalue weighted by molar-refractivity contribution is 6.00. The number of hydrogen-bond donors (Lipinski definition) is 1. The Morgan fingerprint density at radius 2 is 1.88 bits per heavy atom. The molecule has 0 radical (unpaired) electrons. The maximum atomic E-state index is 12.4. The molecule has 0 unspecified atom stereocenters. The highest BCUT2D eigenvalue weighted by Crippen LogP contribution is 2.26. The van der Waals surface area contributed by atoms with E-state index in [4.69, 9.17) is 9.47 Å². The Bertz CT molecular complexity index is 1110. The lowest BCUT2D eigenvalue weighted by Gasteiger charge is -2.17. The summed E-state index contributed by atoms with van der Waals surface area (Å²) >= 11 is 0. The first-order valence-corrected chi connectivity index (χ1v) is 10.5. The van der Waals surface area contributed by atoms with Crippen LogP contribution in [0.1, 0.15) is 30.6 Å². The van der Waals surface area contributed by atoms with Crippen LogP contribution in [0.15, 0.2) is 48.5 Å². The SMILES string of the molecule is CC(C)OC(=O)c1ccc(N2C[C@H](C(=O)OCC(=O)Nc3cccc([N+](=O)[O-])c3)CC2=O)cc1. The number of anilines is 2. The zero-order valence-corrected chi connectivity index (χ0v) is 18.6. The average molecular weight is 469 g/mol. The predicted molar refractivity (Wildman–Crippen MR) is 120 cm³/mol. The fraction of sp³-hybridized carbons (Fsp3) is 0.304. The van der Waals surface area contributed by atoms with Gasteiger partial charge in [-0.2, -0.15) is 0 Å². The van der Waals surface area contributed by atoms with Gasteiger partial charge in [0.1, 0.15) is 0 Å². The van der Waals surface area contributed by atoms with Crippen molar-refractivity contribution >= 4 is 40.8 Å². The molecule has 34 heavy (non-hydrogen) atoms. The van der Waals surface area contributed by atoms with Crippen molar-refractivity contribution in [3.8, 4) is 0 Å². The standard InChI is InChI=1S/C23H23N3O8/c1-14(2)34-23(30)15-6-8-18(9-7-15)25-12-16(10-21(25)28)22(29)33-13-20(27)24-17-4-3-5-19(11-17)26(31)32/h3-9,11,14,16H,10,12-13H2,1-2H3,(H,24,27)/t16-/m1/s1. The molecule has 1 heterocycles. The molecule has 3 rings (SSSR count). The predicted octanol–water partition coefficient (Wildman–Crippen LogP) is 2.69. The lowest BCUT2D eigenvalue weighted by atomic mass is 10.1. The van der Waals surface area contributed by atoms with E-state index in [0.29, 0.717) is 11.3 Å². The van der Waals surface area contributed by atoms with Crippen LogP contribution in [0, 0.1) is 16.0 Å². The van der Waals surface area contributed by atoms with E-state index in [1.165, 1.54) is 41.3 Å². The quantitative estimate of drug-likeness (QED) is 0.353. The number of non-ortho nitro benzene ring substituents is 1. The fourth-order valence-corrected chi connectivity index (χ4v) is 3.32. The minimum atomic E-state index is -0.760. The van der Waals surface area contributed by atoms with E-state index in [0.717, 1.165) is 0 Å². The molecule has 1 fully saturated rings. The van der Waals surface area contributed by atoms with Gasteiger partial charge in [-0.15, -0.1) is 0 Å². The first kappa shape index (κ1) is 24.4. The minimum absolute atomic E-state index is 0.0694. The van der Waals surface area contributed by atoms with Gasteiger partial charge >= 0.3 is 11.9 Å². The van der Waals surface area contributed by atoms with Gasteiger partial charge in [0.15, 0.2) is 6.61 Å². The molecular formula is C23H23N3O8. The Kier molecular flexibility index (Phi) is 7.57. The summed E-state index contributed by atoms with van der Waals surface area (Å²) in [5.74, 6) is -2.90. The third-order valence-electron chi connectivity index (χ3n) is 4.90. The van der Waals surface area contributed by atoms with E-state index in [9.17, 15) is 29.3 Å². The Hall–Kier alpha value is -4.28. The zero-order chi connectivity index (χ0) is 24.8. The number of nitro groups is 1. The zero-order valence-electron chi connectivity index (χ0n) is 18.6. The monoisotopic (exact) mass is 469 g/mol. The molecule has 11 heteroatoms. The topological polar surface area (TPSA) is 145 Å². The van der Waals surface area contributed by atoms with Crippen LogP contribution in [0.2, 0.25) is 0 Å². The molecule has 0 spiro atoms. The van der Waals surface area contributed by atoms with Gasteiger partial charge in [0.2, 0.25) is 5.91 Å². The number of benzene rings is 2. The number of hydrogen-bond acceptors (Lipinski definition) is 8. The molecule has 2 amide bonds. The summed E-state index contributed by atoms with van der Waals surface area (Å²) in [6.45, 7) is 2.95. The van der Waals surface area contributed by atoms with Crippen LogP contribution in [-0.2, 0) is 23.9 Å². The second-order valence-electron chi connectivity index (χ2n) is 7.87. The highest BCUT2D eigenvalue weighted by atomic mass is 16.6. The summed E-state index contributed by atoms with van der Waals surface area (Å²) in [6.07, 6.45) is -0.338. The normalized spacial score (nSPS) is 15.2. The number of esters is 2. The number of carbonyl (C=O) groups excluding carboxylic acids is 4. The maximum Gasteiger partial charge on any atom is 0.338 e. The molecule has 0 aromatic heterocycles. The van der Waals surface area contributed by atoms with Crippen molar-refractivity contribution in [3.05, 3.63) is 64.2 Å². The molecule has 1 saturated heterocycles. The van der Waals surface area contributed by atoms with Gasteiger partial charge in [-0.1, -0.05) is 6.07 Å². The number of ether oxygens (including phenoxy) is 2. The van der Waals surface area contributed by atoms with Crippen LogP contribution in [-0.4, -0.2) is 47.9 Å². The van der Waals surface area contributed by atoms with E-state index in [1.54, 1.807) is 26.0 Å². The molecule has 1 atom stereocenters. The lowest BCUT2D eigenvalue weighted by Crippen LogP contribution is -2.28. The largest absolute Gasteiger partial charge is 0.459 e. The Labute approximate surface area is 194 Å². The number of nitro benzene ring substituents is 1. The summed E-state index contributed by atoms with van der Waals surface area (Å²) in [4.78, 5) is 60.4. The Balaban J connectivity index is 1.52. The van der Waals surface area contributed by atoms with E-state index in [-0.39, 0.29) is 36.4 Å². The fourth-order valence-electron chi connectivity index (χ4n) is 3.32. The summed E-state index contributed by atoms with van der Waals surface area (Å²) < 4.78 is 10.2. The number of nitrogens with one attached hydrogen (secondary N) is 1. The average Bonchev–Trinajstić information content (AvgIpc) is 3.19. The van der Waals surface area contributed by atoms with Crippen molar-refractivity contribution in [1.29, 1.82) is 0 Å². The molecule has 2 aromatic rings. The molecule has 1 aliphatic rings. The molecule has 11 nitrogen and oxygen atoms in total. The number of rotatable bonds is 8. The Morgan fingerprint density at radius 3 is 2.53 bits per heavy atom. The molecular weight excluding hydrogens is 446 g/mol. The van der Waals surface area contributed by atoms with Gasteiger partial charge in [-0.25, -0.2) is 4.79 Å². The van der Waals surface area contributed by atoms with Gasteiger partial charge in [0, 0.05) is 36.5 Å². The molecule has 0 saturated carbocycles. The van der Waals surface area contributed by atoms with Gasteiger partial charge in [0.25, 0.3) is 11.6 Å². The van der Waals surface area contributed by atoms with Crippen LogP contribution in [0.4, 0.5) is 17.1 Å². The van der Waals surface area contributed by atoms with Gasteiger partial charge in [-0.05, 0) is 44.2 Å². The first-order chi connectivity index (χ1) is 16.1. The van der Waals surface area contributed by atoms with Crippen molar-refractivity contribution < 1.29 is 33.6 Å². The van der Waals surface area contributed by atoms with Gasteiger partial charge in [0.05, 0.1) is 22.5 Å². The third kappa shape index (κ3) is 6.15. The molecule has 0 aliphatic carbocycles. The van der Waals surface area contributed by atoms with Crippen LogP contribution in [0.3, 0.4) is 0 Å². The number of amides is 2.